The van der Waals surface area contributed by atoms with Gasteiger partial charge in [-0.05, 0) is 45.4 Å². The van der Waals surface area contributed by atoms with Crippen LogP contribution < -0.4 is 0 Å². The average Bonchev–Trinajstić information content (AvgIpc) is 2.45. The number of rotatable bonds is 12. The standard InChI is InChI=1S/C15H29N2O4/c1-5-16(6-2)12(14(18)19)10-9-11-13(15(20)21)17(7-3)8-4/h10,12-13H,5-9,11H2,1-4H3,(H,18,19)(H,20,21). The smallest absolute Gasteiger partial charge is 0.321 e. The molecule has 21 heavy (non-hydrogen) atoms. The molecule has 2 N–H and O–H groups in total. The summed E-state index contributed by atoms with van der Waals surface area (Å²) < 4.78 is 0. The predicted octanol–water partition coefficient (Wildman–Crippen LogP) is 1.56. The highest BCUT2D eigenvalue weighted by Gasteiger charge is 2.26. The summed E-state index contributed by atoms with van der Waals surface area (Å²) in [5.74, 6) is -1.73. The number of carbonyl (C=O) groups is 2. The molecule has 1 radical (unpaired) electrons. The summed E-state index contributed by atoms with van der Waals surface area (Å²) in [6.07, 6.45) is 2.62. The van der Waals surface area contributed by atoms with Gasteiger partial charge in [-0.2, -0.15) is 0 Å². The SMILES string of the molecule is CCN(CC)C([CH]CCC(C(=O)O)N(CC)CC)C(=O)O. The molecule has 2 unspecified atom stereocenters. The minimum Gasteiger partial charge on any atom is -0.480 e. The second-order valence-corrected chi connectivity index (χ2v) is 4.89. The van der Waals surface area contributed by atoms with Gasteiger partial charge in [0.15, 0.2) is 0 Å². The van der Waals surface area contributed by atoms with Crippen molar-refractivity contribution in [1.29, 1.82) is 0 Å². The average molecular weight is 301 g/mol. The number of carboxylic acid groups (broad SMARTS) is 2. The summed E-state index contributed by atoms with van der Waals surface area (Å²) in [5, 5.41) is 18.6. The molecule has 2 atom stereocenters. The number of hydrogen-bond acceptors (Lipinski definition) is 4. The van der Waals surface area contributed by atoms with Gasteiger partial charge in [0.2, 0.25) is 0 Å². The molecule has 0 aliphatic rings. The molecule has 0 aliphatic carbocycles. The van der Waals surface area contributed by atoms with E-state index in [1.165, 1.54) is 0 Å². The largest absolute Gasteiger partial charge is 0.480 e. The molecule has 0 saturated heterocycles. The molecule has 0 spiro atoms. The van der Waals surface area contributed by atoms with Crippen molar-refractivity contribution < 1.29 is 19.8 Å². The van der Waals surface area contributed by atoms with Crippen molar-refractivity contribution in [3.8, 4) is 0 Å². The van der Waals surface area contributed by atoms with Crippen molar-refractivity contribution in [2.45, 2.75) is 52.6 Å². The predicted molar refractivity (Wildman–Crippen MR) is 82.2 cm³/mol. The molecule has 6 nitrogen and oxygen atoms in total. The van der Waals surface area contributed by atoms with Crippen molar-refractivity contribution >= 4 is 11.9 Å². The zero-order valence-electron chi connectivity index (χ0n) is 13.6. The summed E-state index contributed by atoms with van der Waals surface area (Å²) in [5.41, 5.74) is 0. The Labute approximate surface area is 127 Å². The molecule has 0 heterocycles. The van der Waals surface area contributed by atoms with Crippen molar-refractivity contribution in [3.63, 3.8) is 0 Å². The third kappa shape index (κ3) is 6.44. The van der Waals surface area contributed by atoms with E-state index in [9.17, 15) is 19.8 Å². The Morgan fingerprint density at radius 3 is 1.71 bits per heavy atom. The maximum atomic E-state index is 11.3. The van der Waals surface area contributed by atoms with E-state index in [4.69, 9.17) is 0 Å². The molecule has 0 saturated carbocycles. The molecule has 0 fully saturated rings. The molecule has 0 aromatic rings. The molecular formula is C15H29N2O4. The van der Waals surface area contributed by atoms with Crippen LogP contribution in [-0.2, 0) is 9.59 Å². The van der Waals surface area contributed by atoms with Gasteiger partial charge in [-0.15, -0.1) is 0 Å². The minimum absolute atomic E-state index is 0.433. The normalized spacial score (nSPS) is 14.4. The molecule has 0 bridgehead atoms. The zero-order valence-corrected chi connectivity index (χ0v) is 13.6. The van der Waals surface area contributed by atoms with Gasteiger partial charge >= 0.3 is 11.9 Å². The Balaban J connectivity index is 4.58. The van der Waals surface area contributed by atoms with E-state index in [2.05, 4.69) is 0 Å². The minimum atomic E-state index is -0.881. The van der Waals surface area contributed by atoms with Crippen molar-refractivity contribution in [2.75, 3.05) is 26.2 Å². The van der Waals surface area contributed by atoms with Gasteiger partial charge in [0.25, 0.3) is 0 Å². The number of likely N-dealkylation sites (N-methyl/N-ethyl adjacent to an activating group) is 2. The van der Waals surface area contributed by atoms with Gasteiger partial charge in [0.1, 0.15) is 12.1 Å². The lowest BCUT2D eigenvalue weighted by Gasteiger charge is -2.28. The van der Waals surface area contributed by atoms with Gasteiger partial charge in [-0.25, -0.2) is 0 Å². The summed E-state index contributed by atoms with van der Waals surface area (Å²) in [6.45, 7) is 10.4. The topological polar surface area (TPSA) is 81.1 Å². The summed E-state index contributed by atoms with van der Waals surface area (Å²) in [6, 6.07) is -1.20. The fourth-order valence-electron chi connectivity index (χ4n) is 2.56. The van der Waals surface area contributed by atoms with Gasteiger partial charge in [0, 0.05) is 0 Å². The highest BCUT2D eigenvalue weighted by Crippen LogP contribution is 2.13. The highest BCUT2D eigenvalue weighted by atomic mass is 16.4. The van der Waals surface area contributed by atoms with Crippen LogP contribution in [-0.4, -0.2) is 70.2 Å². The Morgan fingerprint density at radius 2 is 1.38 bits per heavy atom. The second kappa shape index (κ2) is 10.6. The van der Waals surface area contributed by atoms with E-state index < -0.39 is 24.0 Å². The number of hydrogen-bond donors (Lipinski definition) is 2. The van der Waals surface area contributed by atoms with Gasteiger partial charge < -0.3 is 10.2 Å². The monoisotopic (exact) mass is 301 g/mol. The van der Waals surface area contributed by atoms with E-state index in [1.54, 1.807) is 6.42 Å². The van der Waals surface area contributed by atoms with Gasteiger partial charge in [-0.1, -0.05) is 27.7 Å². The molecule has 0 aliphatic heterocycles. The maximum absolute atomic E-state index is 11.3. The van der Waals surface area contributed by atoms with Crippen molar-refractivity contribution in [3.05, 3.63) is 6.42 Å². The Morgan fingerprint density at radius 1 is 0.905 bits per heavy atom. The van der Waals surface area contributed by atoms with Crippen molar-refractivity contribution in [2.24, 2.45) is 0 Å². The molecule has 0 aromatic heterocycles. The first-order valence-electron chi connectivity index (χ1n) is 7.69. The Bertz CT molecular complexity index is 285. The van der Waals surface area contributed by atoms with Gasteiger partial charge in [-0.3, -0.25) is 19.4 Å². The maximum Gasteiger partial charge on any atom is 0.321 e. The van der Waals surface area contributed by atoms with E-state index >= 15 is 0 Å². The third-order valence-electron chi connectivity index (χ3n) is 3.83. The fraction of sp³-hybridized carbons (Fsp3) is 0.800. The van der Waals surface area contributed by atoms with Gasteiger partial charge in [0.05, 0.1) is 0 Å². The van der Waals surface area contributed by atoms with Crippen LogP contribution in [0.15, 0.2) is 0 Å². The first kappa shape index (κ1) is 19.9. The Hall–Kier alpha value is -1.14. The van der Waals surface area contributed by atoms with Crippen LogP contribution in [0.2, 0.25) is 0 Å². The quantitative estimate of drug-likeness (QED) is 0.569. The van der Waals surface area contributed by atoms with Crippen molar-refractivity contribution in [1.82, 2.24) is 9.80 Å². The second-order valence-electron chi connectivity index (χ2n) is 4.89. The number of carboxylic acids is 2. The van der Waals surface area contributed by atoms with Crippen LogP contribution in [0.4, 0.5) is 0 Å². The van der Waals surface area contributed by atoms with Crippen LogP contribution in [0.5, 0.6) is 0 Å². The van der Waals surface area contributed by atoms with E-state index in [0.29, 0.717) is 39.0 Å². The van der Waals surface area contributed by atoms with Crippen LogP contribution in [0.1, 0.15) is 40.5 Å². The summed E-state index contributed by atoms with van der Waals surface area (Å²) in [4.78, 5) is 26.4. The molecule has 0 aromatic carbocycles. The van der Waals surface area contributed by atoms with Crippen LogP contribution in [0, 0.1) is 6.42 Å². The molecular weight excluding hydrogens is 272 g/mol. The Kier molecular flexibility index (Phi) is 9.99. The molecule has 0 rings (SSSR count). The van der Waals surface area contributed by atoms with E-state index in [-0.39, 0.29) is 0 Å². The molecule has 6 heteroatoms. The third-order valence-corrected chi connectivity index (χ3v) is 3.83. The molecule has 123 valence electrons. The fourth-order valence-corrected chi connectivity index (χ4v) is 2.56. The highest BCUT2D eigenvalue weighted by molar-refractivity contribution is 5.75. The first-order chi connectivity index (χ1) is 9.92. The lowest BCUT2D eigenvalue weighted by atomic mass is 10.0. The van der Waals surface area contributed by atoms with E-state index in [1.807, 2.05) is 37.5 Å². The molecule has 0 amide bonds. The zero-order chi connectivity index (χ0) is 16.4. The lowest BCUT2D eigenvalue weighted by Crippen LogP contribution is -2.43. The van der Waals surface area contributed by atoms with Crippen LogP contribution in [0.25, 0.3) is 0 Å². The lowest BCUT2D eigenvalue weighted by molar-refractivity contribution is -0.143. The summed E-state index contributed by atoms with van der Waals surface area (Å²) >= 11 is 0. The number of nitrogens with zero attached hydrogens (tertiary/aromatic N) is 2. The number of aliphatic carboxylic acids is 2. The van der Waals surface area contributed by atoms with Crippen LogP contribution in [0.3, 0.4) is 0 Å². The summed E-state index contributed by atoms with van der Waals surface area (Å²) in [7, 11) is 0. The van der Waals surface area contributed by atoms with E-state index in [0.717, 1.165) is 0 Å². The first-order valence-corrected chi connectivity index (χ1v) is 7.69. The van der Waals surface area contributed by atoms with Crippen LogP contribution >= 0.6 is 0 Å².